The van der Waals surface area contributed by atoms with Gasteiger partial charge >= 0.3 is 7.05 Å². The number of aryl methyl sites for hydroxylation is 1. The molecule has 0 aromatic heterocycles. The van der Waals surface area contributed by atoms with E-state index in [1.165, 1.54) is 24.8 Å². The van der Waals surface area contributed by atoms with Crippen molar-refractivity contribution in [3.8, 4) is 17.6 Å². The third-order valence-electron chi connectivity index (χ3n) is 10.8. The van der Waals surface area contributed by atoms with Crippen molar-refractivity contribution in [3.63, 3.8) is 0 Å². The van der Waals surface area contributed by atoms with Gasteiger partial charge in [0.2, 0.25) is 11.8 Å². The summed E-state index contributed by atoms with van der Waals surface area (Å²) >= 11 is 0. The number of ether oxygens (including phenoxy) is 1. The van der Waals surface area contributed by atoms with Crippen molar-refractivity contribution in [3.05, 3.63) is 88.0 Å². The lowest BCUT2D eigenvalue weighted by Gasteiger charge is -2.33. The number of carbonyl (C=O) groups is 3. The Morgan fingerprint density at radius 3 is 2.56 bits per heavy atom. The maximum atomic E-state index is 13.3. The van der Waals surface area contributed by atoms with Crippen LogP contribution in [-0.2, 0) is 33.8 Å². The molecule has 1 unspecified atom stereocenters. The van der Waals surface area contributed by atoms with Crippen molar-refractivity contribution in [2.24, 2.45) is 5.64 Å². The molecule has 0 aliphatic carbocycles. The Morgan fingerprint density at radius 1 is 0.960 bits per heavy atom. The van der Waals surface area contributed by atoms with E-state index >= 15 is 0 Å². The van der Waals surface area contributed by atoms with Gasteiger partial charge in [0.25, 0.3) is 5.91 Å². The van der Waals surface area contributed by atoms with Crippen molar-refractivity contribution in [2.75, 3.05) is 19.6 Å². The lowest BCUT2D eigenvalue weighted by Crippen LogP contribution is -2.52. The Balaban J connectivity index is 0.825. The second kappa shape index (κ2) is 15.2. The minimum absolute atomic E-state index is 0.102. The Labute approximate surface area is 294 Å². The maximum absolute atomic E-state index is 13.3. The van der Waals surface area contributed by atoms with Crippen LogP contribution in [-0.4, -0.2) is 60.2 Å². The predicted octanol–water partition coefficient (Wildman–Crippen LogP) is 4.67. The highest BCUT2D eigenvalue weighted by Gasteiger charge is 2.40. The summed E-state index contributed by atoms with van der Waals surface area (Å²) in [6, 6.07) is 19.3. The molecule has 0 radical (unpaired) electrons. The first-order valence-corrected chi connectivity index (χ1v) is 18.1. The molecule has 2 fully saturated rings. The van der Waals surface area contributed by atoms with Crippen LogP contribution in [0.2, 0.25) is 0 Å². The fraction of sp³-hybridized carbons (Fsp3) is 0.436. The molecule has 10 nitrogen and oxygen atoms in total. The molecule has 4 aliphatic heterocycles. The summed E-state index contributed by atoms with van der Waals surface area (Å²) in [6.07, 6.45) is 9.29. The highest BCUT2D eigenvalue weighted by atomic mass is 16.5. The number of benzene rings is 3. The van der Waals surface area contributed by atoms with E-state index in [-0.39, 0.29) is 31.2 Å². The van der Waals surface area contributed by atoms with Crippen molar-refractivity contribution in [2.45, 2.75) is 89.3 Å². The van der Waals surface area contributed by atoms with E-state index in [2.05, 4.69) is 22.4 Å². The Bertz CT molecular complexity index is 1820. The molecular formula is C39H44BN5O5. The second-order valence-corrected chi connectivity index (χ2v) is 14.0. The van der Waals surface area contributed by atoms with Crippen molar-refractivity contribution in [1.29, 1.82) is 5.26 Å². The Morgan fingerprint density at radius 2 is 1.74 bits per heavy atom. The number of carbonyl (C=O) groups excluding carboxylic acids is 3. The Kier molecular flexibility index (Phi) is 10.3. The molecule has 0 spiro atoms. The molecule has 4 aliphatic rings. The highest BCUT2D eigenvalue weighted by Crippen LogP contribution is 2.37. The lowest BCUT2D eigenvalue weighted by molar-refractivity contribution is -0.136. The molecular weight excluding hydrogens is 629 g/mol. The largest absolute Gasteiger partial charge is 0.457 e. The smallest absolute Gasteiger partial charge is 0.413 e. The molecule has 0 saturated carbocycles. The first-order valence-electron chi connectivity index (χ1n) is 18.1. The van der Waals surface area contributed by atoms with Gasteiger partial charge in [0.1, 0.15) is 17.5 Å². The molecule has 3 aromatic carbocycles. The average molecular weight is 674 g/mol. The summed E-state index contributed by atoms with van der Waals surface area (Å²) in [7, 11) is -0.376. The van der Waals surface area contributed by atoms with Gasteiger partial charge in [-0.3, -0.25) is 19.7 Å². The zero-order valence-corrected chi connectivity index (χ0v) is 28.5. The van der Waals surface area contributed by atoms with E-state index in [1.54, 1.807) is 4.90 Å². The van der Waals surface area contributed by atoms with Crippen LogP contribution in [0.5, 0.6) is 11.5 Å². The van der Waals surface area contributed by atoms with Gasteiger partial charge in [0.05, 0.1) is 18.2 Å². The minimum Gasteiger partial charge on any atom is -0.457 e. The van der Waals surface area contributed by atoms with Gasteiger partial charge in [-0.1, -0.05) is 37.5 Å². The highest BCUT2D eigenvalue weighted by molar-refractivity contribution is 6.65. The van der Waals surface area contributed by atoms with Gasteiger partial charge in [-0.2, -0.15) is 5.26 Å². The van der Waals surface area contributed by atoms with E-state index in [9.17, 15) is 19.6 Å². The van der Waals surface area contributed by atoms with E-state index in [0.29, 0.717) is 36.6 Å². The normalized spacial score (nSPS) is 19.4. The molecule has 2 saturated heterocycles. The van der Waals surface area contributed by atoms with Crippen molar-refractivity contribution in [1.82, 2.24) is 15.1 Å². The van der Waals surface area contributed by atoms with Gasteiger partial charge in [0.15, 0.2) is 0 Å². The second-order valence-electron chi connectivity index (χ2n) is 14.0. The number of nitriles is 1. The summed E-state index contributed by atoms with van der Waals surface area (Å²) in [5.41, 5.74) is 12.7. The molecule has 258 valence electrons. The minimum atomic E-state index is -0.582. The number of imide groups is 1. The number of fused-ring (bicyclic) bond motifs is 2. The maximum Gasteiger partial charge on any atom is 0.413 e. The molecule has 0 bridgehead atoms. The third-order valence-corrected chi connectivity index (χ3v) is 10.8. The Hall–Kier alpha value is -4.50. The monoisotopic (exact) mass is 673 g/mol. The van der Waals surface area contributed by atoms with Gasteiger partial charge in [-0.05, 0) is 128 Å². The number of piperidine rings is 2. The fourth-order valence-electron chi connectivity index (χ4n) is 8.04. The number of nitrogens with zero attached hydrogens (tertiary/aromatic N) is 3. The number of likely N-dealkylation sites (tertiary alicyclic amines) is 1. The van der Waals surface area contributed by atoms with Gasteiger partial charge in [-0.25, -0.2) is 0 Å². The van der Waals surface area contributed by atoms with E-state index in [4.69, 9.17) is 15.0 Å². The molecule has 3 amide bonds. The quantitative estimate of drug-likeness (QED) is 0.161. The number of amides is 3. The summed E-state index contributed by atoms with van der Waals surface area (Å²) in [6.45, 7) is 4.11. The topological polar surface area (TPSA) is 138 Å². The zero-order valence-electron chi connectivity index (χ0n) is 28.5. The van der Waals surface area contributed by atoms with Crippen LogP contribution in [0.15, 0.2) is 54.6 Å². The molecule has 4 heterocycles. The molecule has 50 heavy (non-hydrogen) atoms. The van der Waals surface area contributed by atoms with Crippen LogP contribution in [0.25, 0.3) is 0 Å². The summed E-state index contributed by atoms with van der Waals surface area (Å²) in [4.78, 5) is 41.6. The molecule has 11 heteroatoms. The molecule has 7 rings (SSSR count). The van der Waals surface area contributed by atoms with Crippen LogP contribution < -0.4 is 21.2 Å². The molecule has 1 atom stereocenters. The van der Waals surface area contributed by atoms with E-state index in [1.807, 2.05) is 48.5 Å². The van der Waals surface area contributed by atoms with Crippen LogP contribution >= 0.6 is 0 Å². The predicted molar refractivity (Wildman–Crippen MR) is 190 cm³/mol. The summed E-state index contributed by atoms with van der Waals surface area (Å²) in [5.74, 6) is 1.13. The number of hydrogen-bond donors (Lipinski definition) is 2. The van der Waals surface area contributed by atoms with Crippen LogP contribution in [0.3, 0.4) is 0 Å². The van der Waals surface area contributed by atoms with Crippen LogP contribution in [0, 0.1) is 11.3 Å². The lowest BCUT2D eigenvalue weighted by atomic mass is 9.75. The summed E-state index contributed by atoms with van der Waals surface area (Å²) in [5, 5.41) is 12.1. The first-order chi connectivity index (χ1) is 24.4. The van der Waals surface area contributed by atoms with Crippen molar-refractivity contribution < 1.29 is 23.8 Å². The number of nitrogens with one attached hydrogen (secondary N) is 1. The first kappa shape index (κ1) is 34.0. The van der Waals surface area contributed by atoms with Gasteiger partial charge < -0.3 is 24.8 Å². The third kappa shape index (κ3) is 7.34. The van der Waals surface area contributed by atoms with Crippen LogP contribution in [0.1, 0.15) is 102 Å². The SMILES string of the molecule is N#Cc1ccc(Oc2ccc3c(c2)COB3N)cc1CCCCCCCN1CCC(c2cccc3c2CN(C2CCC(=O)NC2=O)C3=O)CC1. The van der Waals surface area contributed by atoms with Gasteiger partial charge in [0, 0.05) is 18.5 Å². The van der Waals surface area contributed by atoms with E-state index in [0.717, 1.165) is 85.4 Å². The fourth-order valence-corrected chi connectivity index (χ4v) is 8.04. The van der Waals surface area contributed by atoms with Crippen molar-refractivity contribution >= 4 is 30.2 Å². The summed E-state index contributed by atoms with van der Waals surface area (Å²) < 4.78 is 11.6. The molecule has 3 aromatic rings. The van der Waals surface area contributed by atoms with E-state index < -0.39 is 6.04 Å². The standard InChI is InChI=1S/C39H44BN5O5/c41-23-28-10-11-30(50-31-12-13-35-29(22-31)25-49-40(35)42)21-27(28)7-4-2-1-3-5-18-44-19-16-26(17-20-44)32-8-6-9-33-34(32)24-45(39(33)48)36-14-15-37(46)43-38(36)47/h6,8-13,21-22,26,36H,1-5,7,14-20,24-25,42H2,(H,43,46,47). The zero-order chi connectivity index (χ0) is 34.6. The number of nitrogens with two attached hydrogens (primary N) is 1. The van der Waals surface area contributed by atoms with Crippen LogP contribution in [0.4, 0.5) is 0 Å². The number of unbranched alkanes of at least 4 members (excludes halogenated alkanes) is 4. The van der Waals surface area contributed by atoms with Gasteiger partial charge in [-0.15, -0.1) is 0 Å². The molecule has 3 N–H and O–H groups in total. The number of rotatable bonds is 12. The average Bonchev–Trinajstić information content (AvgIpc) is 3.66. The number of hydrogen-bond acceptors (Lipinski definition) is 8.